The van der Waals surface area contributed by atoms with E-state index >= 15 is 0 Å². The van der Waals surface area contributed by atoms with Gasteiger partial charge in [0.1, 0.15) is 5.75 Å². The van der Waals surface area contributed by atoms with Crippen LogP contribution in [0.5, 0.6) is 5.75 Å². The van der Waals surface area contributed by atoms with Crippen LogP contribution in [0, 0.1) is 0 Å². The molecule has 0 amide bonds. The fourth-order valence-corrected chi connectivity index (χ4v) is 2.09. The molecule has 1 heterocycles. The molecule has 0 atom stereocenters. The molecule has 0 spiro atoms. The second-order valence-corrected chi connectivity index (χ2v) is 5.85. The van der Waals surface area contributed by atoms with E-state index in [0.717, 1.165) is 5.56 Å². The zero-order valence-corrected chi connectivity index (χ0v) is 11.9. The molecule has 106 valence electrons. The van der Waals surface area contributed by atoms with Gasteiger partial charge < -0.3 is 15.2 Å². The Hall–Kier alpha value is -2.07. The Balaban J connectivity index is 2.76. The Morgan fingerprint density at radius 3 is 2.45 bits per heavy atom. The standard InChI is InChI=1S/C16H19NO3/c1-16(2,3)11-7-10(9-18)14(19)13(8-11)12-5-4-6-17-15(12)20/h4-8,18-19H,9H2,1-3H3,(H,17,20). The van der Waals surface area contributed by atoms with Crippen molar-refractivity contribution < 1.29 is 10.2 Å². The molecule has 0 aliphatic rings. The van der Waals surface area contributed by atoms with E-state index in [0.29, 0.717) is 16.7 Å². The predicted octanol–water partition coefficient (Wildman–Crippen LogP) is 2.54. The summed E-state index contributed by atoms with van der Waals surface area (Å²) < 4.78 is 0. The van der Waals surface area contributed by atoms with Crippen LogP contribution in [0.25, 0.3) is 11.1 Å². The van der Waals surface area contributed by atoms with E-state index in [1.54, 1.807) is 30.5 Å². The minimum atomic E-state index is -0.270. The Morgan fingerprint density at radius 2 is 1.90 bits per heavy atom. The van der Waals surface area contributed by atoms with Crippen LogP contribution in [-0.4, -0.2) is 15.2 Å². The number of phenols is 1. The average Bonchev–Trinajstić information content (AvgIpc) is 2.38. The largest absolute Gasteiger partial charge is 0.507 e. The summed E-state index contributed by atoms with van der Waals surface area (Å²) in [6.07, 6.45) is 1.55. The quantitative estimate of drug-likeness (QED) is 0.787. The maximum atomic E-state index is 11.9. The third-order valence-electron chi connectivity index (χ3n) is 3.33. The topological polar surface area (TPSA) is 73.3 Å². The Labute approximate surface area is 117 Å². The summed E-state index contributed by atoms with van der Waals surface area (Å²) in [4.78, 5) is 14.5. The number of aromatic nitrogens is 1. The zero-order chi connectivity index (χ0) is 14.9. The van der Waals surface area contributed by atoms with Gasteiger partial charge in [-0.25, -0.2) is 0 Å². The number of hydrogen-bond acceptors (Lipinski definition) is 3. The van der Waals surface area contributed by atoms with Gasteiger partial charge in [-0.15, -0.1) is 0 Å². The lowest BCUT2D eigenvalue weighted by atomic mass is 9.84. The van der Waals surface area contributed by atoms with Crippen molar-refractivity contribution in [3.8, 4) is 16.9 Å². The number of nitrogens with one attached hydrogen (secondary N) is 1. The van der Waals surface area contributed by atoms with Crippen LogP contribution < -0.4 is 5.56 Å². The molecule has 0 saturated heterocycles. The molecule has 0 saturated carbocycles. The van der Waals surface area contributed by atoms with E-state index in [1.807, 2.05) is 20.8 Å². The van der Waals surface area contributed by atoms with Crippen LogP contribution in [0.2, 0.25) is 0 Å². The summed E-state index contributed by atoms with van der Waals surface area (Å²) in [5.74, 6) is -0.0443. The summed E-state index contributed by atoms with van der Waals surface area (Å²) in [6, 6.07) is 6.94. The maximum Gasteiger partial charge on any atom is 0.255 e. The second kappa shape index (κ2) is 5.13. The highest BCUT2D eigenvalue weighted by Crippen LogP contribution is 2.35. The number of rotatable bonds is 2. The summed E-state index contributed by atoms with van der Waals surface area (Å²) in [6.45, 7) is 5.85. The van der Waals surface area contributed by atoms with Crippen LogP contribution in [0.3, 0.4) is 0 Å². The van der Waals surface area contributed by atoms with E-state index in [4.69, 9.17) is 0 Å². The molecule has 0 fully saturated rings. The zero-order valence-electron chi connectivity index (χ0n) is 11.9. The Morgan fingerprint density at radius 1 is 1.20 bits per heavy atom. The van der Waals surface area contributed by atoms with E-state index in [-0.39, 0.29) is 23.3 Å². The summed E-state index contributed by atoms with van der Waals surface area (Å²) in [5, 5.41) is 19.6. The lowest BCUT2D eigenvalue weighted by molar-refractivity contribution is 0.275. The first-order valence-electron chi connectivity index (χ1n) is 6.50. The minimum absolute atomic E-state index is 0.0443. The molecule has 0 unspecified atom stereocenters. The lowest BCUT2D eigenvalue weighted by Gasteiger charge is -2.22. The smallest absolute Gasteiger partial charge is 0.255 e. The van der Waals surface area contributed by atoms with Gasteiger partial charge >= 0.3 is 0 Å². The molecule has 3 N–H and O–H groups in total. The van der Waals surface area contributed by atoms with Crippen LogP contribution in [0.1, 0.15) is 31.9 Å². The first-order valence-corrected chi connectivity index (χ1v) is 6.50. The molecule has 4 heteroatoms. The van der Waals surface area contributed by atoms with Gasteiger partial charge in [-0.1, -0.05) is 20.8 Å². The van der Waals surface area contributed by atoms with Gasteiger partial charge in [-0.05, 0) is 35.2 Å². The normalized spacial score (nSPS) is 11.6. The van der Waals surface area contributed by atoms with Crippen molar-refractivity contribution in [1.29, 1.82) is 0 Å². The molecular formula is C16H19NO3. The molecule has 0 bridgehead atoms. The predicted molar refractivity (Wildman–Crippen MR) is 78.8 cm³/mol. The van der Waals surface area contributed by atoms with Crippen molar-refractivity contribution in [1.82, 2.24) is 4.98 Å². The molecule has 0 radical (unpaired) electrons. The van der Waals surface area contributed by atoms with E-state index in [1.165, 1.54) is 0 Å². The molecule has 2 aromatic rings. The third kappa shape index (κ3) is 2.60. The van der Waals surface area contributed by atoms with E-state index in [2.05, 4.69) is 4.98 Å². The number of hydrogen-bond donors (Lipinski definition) is 3. The number of H-pyrrole nitrogens is 1. The van der Waals surface area contributed by atoms with Gasteiger partial charge in [0.25, 0.3) is 5.56 Å². The molecule has 2 rings (SSSR count). The van der Waals surface area contributed by atoms with Crippen molar-refractivity contribution in [3.05, 3.63) is 51.9 Å². The van der Waals surface area contributed by atoms with Crippen molar-refractivity contribution in [2.75, 3.05) is 0 Å². The third-order valence-corrected chi connectivity index (χ3v) is 3.33. The molecule has 0 aliphatic heterocycles. The Kier molecular flexibility index (Phi) is 3.68. The molecular weight excluding hydrogens is 254 g/mol. The van der Waals surface area contributed by atoms with Gasteiger partial charge in [0, 0.05) is 17.3 Å². The maximum absolute atomic E-state index is 11.9. The molecule has 4 nitrogen and oxygen atoms in total. The number of pyridine rings is 1. The van der Waals surface area contributed by atoms with Crippen molar-refractivity contribution >= 4 is 0 Å². The monoisotopic (exact) mass is 273 g/mol. The van der Waals surface area contributed by atoms with E-state index < -0.39 is 0 Å². The SMILES string of the molecule is CC(C)(C)c1cc(CO)c(O)c(-c2ccc[nH]c2=O)c1. The molecule has 20 heavy (non-hydrogen) atoms. The molecule has 1 aromatic carbocycles. The number of aromatic amines is 1. The van der Waals surface area contributed by atoms with Crippen LogP contribution >= 0.6 is 0 Å². The summed E-state index contributed by atoms with van der Waals surface area (Å²) in [5.41, 5.74) is 1.81. The first kappa shape index (κ1) is 14.3. The first-order chi connectivity index (χ1) is 9.34. The van der Waals surface area contributed by atoms with Crippen LogP contribution in [0.15, 0.2) is 35.3 Å². The highest BCUT2D eigenvalue weighted by molar-refractivity contribution is 5.72. The number of aromatic hydroxyl groups is 1. The van der Waals surface area contributed by atoms with Gasteiger partial charge in [0.15, 0.2) is 0 Å². The number of benzene rings is 1. The average molecular weight is 273 g/mol. The van der Waals surface area contributed by atoms with Gasteiger partial charge in [0.2, 0.25) is 0 Å². The lowest BCUT2D eigenvalue weighted by Crippen LogP contribution is -2.13. The molecule has 0 aliphatic carbocycles. The van der Waals surface area contributed by atoms with E-state index in [9.17, 15) is 15.0 Å². The fourth-order valence-electron chi connectivity index (χ4n) is 2.09. The summed E-state index contributed by atoms with van der Waals surface area (Å²) in [7, 11) is 0. The van der Waals surface area contributed by atoms with Crippen LogP contribution in [0.4, 0.5) is 0 Å². The van der Waals surface area contributed by atoms with Crippen LogP contribution in [-0.2, 0) is 12.0 Å². The minimum Gasteiger partial charge on any atom is -0.507 e. The fraction of sp³-hybridized carbons (Fsp3) is 0.312. The van der Waals surface area contributed by atoms with Crippen molar-refractivity contribution in [3.63, 3.8) is 0 Å². The van der Waals surface area contributed by atoms with Crippen molar-refractivity contribution in [2.45, 2.75) is 32.8 Å². The highest BCUT2D eigenvalue weighted by atomic mass is 16.3. The number of aliphatic hydroxyl groups excluding tert-OH is 1. The van der Waals surface area contributed by atoms with Crippen molar-refractivity contribution in [2.24, 2.45) is 0 Å². The van der Waals surface area contributed by atoms with Gasteiger partial charge in [0.05, 0.1) is 12.2 Å². The summed E-state index contributed by atoms with van der Waals surface area (Å²) >= 11 is 0. The highest BCUT2D eigenvalue weighted by Gasteiger charge is 2.20. The second-order valence-electron chi connectivity index (χ2n) is 5.85. The number of aliphatic hydroxyl groups is 1. The Bertz CT molecular complexity index is 681. The van der Waals surface area contributed by atoms with Gasteiger partial charge in [-0.2, -0.15) is 0 Å². The molecule has 1 aromatic heterocycles. The van der Waals surface area contributed by atoms with Gasteiger partial charge in [-0.3, -0.25) is 4.79 Å².